The van der Waals surface area contributed by atoms with E-state index in [2.05, 4.69) is 5.32 Å². The molecule has 8 heteroatoms. The molecular weight excluding hydrogens is 415 g/mol. The van der Waals surface area contributed by atoms with Gasteiger partial charge in [-0.15, -0.1) is 0 Å². The first-order chi connectivity index (χ1) is 13.9. The van der Waals surface area contributed by atoms with Crippen LogP contribution in [0.25, 0.3) is 0 Å². The molecule has 1 N–H and O–H groups in total. The number of hydrogen-bond donors (Lipinski definition) is 1. The van der Waals surface area contributed by atoms with Crippen molar-refractivity contribution in [1.82, 2.24) is 5.32 Å². The summed E-state index contributed by atoms with van der Waals surface area (Å²) < 4.78 is 5.31. The number of ether oxygens (including phenoxy) is 1. The molecule has 2 aromatic carbocycles. The summed E-state index contributed by atoms with van der Waals surface area (Å²) >= 11 is 12.0. The predicted molar refractivity (Wildman–Crippen MR) is 111 cm³/mol. The van der Waals surface area contributed by atoms with Gasteiger partial charge >= 0.3 is 5.91 Å². The second-order valence-corrected chi connectivity index (χ2v) is 7.14. The number of amides is 3. The second-order valence-electron chi connectivity index (χ2n) is 6.30. The van der Waals surface area contributed by atoms with Crippen LogP contribution in [0.2, 0.25) is 10.0 Å². The van der Waals surface area contributed by atoms with Gasteiger partial charge in [0, 0.05) is 22.2 Å². The van der Waals surface area contributed by atoms with Gasteiger partial charge in [-0.3, -0.25) is 14.4 Å². The Morgan fingerprint density at radius 1 is 1.10 bits per heavy atom. The van der Waals surface area contributed by atoms with Crippen molar-refractivity contribution in [3.05, 3.63) is 75.5 Å². The zero-order valence-corrected chi connectivity index (χ0v) is 17.1. The van der Waals surface area contributed by atoms with Crippen LogP contribution in [0, 0.1) is 0 Å². The van der Waals surface area contributed by atoms with E-state index in [1.165, 1.54) is 18.2 Å². The summed E-state index contributed by atoms with van der Waals surface area (Å²) in [5, 5.41) is 3.75. The number of nitrogens with one attached hydrogen (secondary N) is 1. The number of carbonyl (C=O) groups excluding carboxylic acids is 3. The van der Waals surface area contributed by atoms with Crippen LogP contribution in [0.15, 0.2) is 54.3 Å². The Hall–Kier alpha value is -2.83. The van der Waals surface area contributed by atoms with Crippen LogP contribution in [0.1, 0.15) is 29.3 Å². The molecule has 29 heavy (non-hydrogen) atoms. The third-order valence-electron chi connectivity index (χ3n) is 4.19. The molecule has 0 bridgehead atoms. The molecule has 6 nitrogen and oxygen atoms in total. The summed E-state index contributed by atoms with van der Waals surface area (Å²) in [5.74, 6) is -1.28. The van der Waals surface area contributed by atoms with Gasteiger partial charge in [-0.25, -0.2) is 4.90 Å². The minimum Gasteiger partial charge on any atom is -0.488 e. The Morgan fingerprint density at radius 2 is 1.83 bits per heavy atom. The SMILES string of the molecule is CCCOC1=CC(=O)N(c2ccc(C(=O)NCc3ccc(Cl)cc3Cl)cc2)C1=O. The zero-order valence-electron chi connectivity index (χ0n) is 15.6. The molecule has 0 atom stereocenters. The van der Waals surface area contributed by atoms with Gasteiger partial charge in [-0.2, -0.15) is 0 Å². The van der Waals surface area contributed by atoms with E-state index in [0.717, 1.165) is 16.9 Å². The van der Waals surface area contributed by atoms with E-state index in [0.29, 0.717) is 27.9 Å². The zero-order chi connectivity index (χ0) is 21.0. The maximum absolute atomic E-state index is 12.4. The maximum Gasteiger partial charge on any atom is 0.300 e. The van der Waals surface area contributed by atoms with Crippen molar-refractivity contribution in [3.63, 3.8) is 0 Å². The summed E-state index contributed by atoms with van der Waals surface area (Å²) in [4.78, 5) is 37.9. The number of rotatable bonds is 7. The lowest BCUT2D eigenvalue weighted by atomic mass is 10.1. The Morgan fingerprint density at radius 3 is 2.48 bits per heavy atom. The summed E-state index contributed by atoms with van der Waals surface area (Å²) in [6, 6.07) is 11.2. The highest BCUT2D eigenvalue weighted by Gasteiger charge is 2.33. The molecule has 150 valence electrons. The van der Waals surface area contributed by atoms with Crippen molar-refractivity contribution < 1.29 is 19.1 Å². The molecule has 3 amide bonds. The lowest BCUT2D eigenvalue weighted by Crippen LogP contribution is -2.31. The lowest BCUT2D eigenvalue weighted by Gasteiger charge is -2.15. The highest BCUT2D eigenvalue weighted by Crippen LogP contribution is 2.24. The number of imide groups is 1. The topological polar surface area (TPSA) is 75.7 Å². The first kappa shape index (κ1) is 20.9. The molecule has 0 unspecified atom stereocenters. The number of hydrogen-bond acceptors (Lipinski definition) is 4. The molecule has 0 fully saturated rings. The number of nitrogens with zero attached hydrogens (tertiary/aromatic N) is 1. The largest absolute Gasteiger partial charge is 0.488 e. The molecule has 2 aromatic rings. The van der Waals surface area contributed by atoms with Gasteiger partial charge in [0.25, 0.3) is 11.8 Å². The van der Waals surface area contributed by atoms with Crippen molar-refractivity contribution in [2.24, 2.45) is 0 Å². The van der Waals surface area contributed by atoms with Crippen LogP contribution < -0.4 is 10.2 Å². The van der Waals surface area contributed by atoms with Gasteiger partial charge < -0.3 is 10.1 Å². The van der Waals surface area contributed by atoms with Crippen LogP contribution in [0.5, 0.6) is 0 Å². The van der Waals surface area contributed by atoms with Crippen molar-refractivity contribution in [3.8, 4) is 0 Å². The van der Waals surface area contributed by atoms with Gasteiger partial charge in [-0.05, 0) is 48.4 Å². The Balaban J connectivity index is 1.65. The molecule has 0 aromatic heterocycles. The number of carbonyl (C=O) groups is 3. The third kappa shape index (κ3) is 4.78. The number of benzene rings is 2. The summed E-state index contributed by atoms with van der Waals surface area (Å²) in [6.07, 6.45) is 1.90. The highest BCUT2D eigenvalue weighted by atomic mass is 35.5. The van der Waals surface area contributed by atoms with Crippen molar-refractivity contribution in [2.45, 2.75) is 19.9 Å². The van der Waals surface area contributed by atoms with E-state index in [1.54, 1.807) is 30.3 Å². The molecular formula is C21H18Cl2N2O4. The van der Waals surface area contributed by atoms with Crippen LogP contribution in [0.3, 0.4) is 0 Å². The second kappa shape index (κ2) is 9.11. The molecule has 0 radical (unpaired) electrons. The van der Waals surface area contributed by atoms with E-state index >= 15 is 0 Å². The van der Waals surface area contributed by atoms with E-state index in [9.17, 15) is 14.4 Å². The van der Waals surface area contributed by atoms with E-state index in [-0.39, 0.29) is 18.2 Å². The number of halogens is 2. The molecule has 3 rings (SSSR count). The van der Waals surface area contributed by atoms with Crippen LogP contribution in [0.4, 0.5) is 5.69 Å². The lowest BCUT2D eigenvalue weighted by molar-refractivity contribution is -0.121. The van der Waals surface area contributed by atoms with E-state index in [1.807, 2.05) is 6.92 Å². The molecule has 1 aliphatic rings. The fraction of sp³-hybridized carbons (Fsp3) is 0.190. The smallest absolute Gasteiger partial charge is 0.300 e. The quantitative estimate of drug-likeness (QED) is 0.667. The first-order valence-electron chi connectivity index (χ1n) is 8.95. The monoisotopic (exact) mass is 432 g/mol. The van der Waals surface area contributed by atoms with Gasteiger partial charge in [0.2, 0.25) is 0 Å². The first-order valence-corrected chi connectivity index (χ1v) is 9.71. The predicted octanol–water partition coefficient (Wildman–Crippen LogP) is 4.11. The van der Waals surface area contributed by atoms with Crippen LogP contribution in [-0.4, -0.2) is 24.3 Å². The summed E-state index contributed by atoms with van der Waals surface area (Å²) in [6.45, 7) is 2.50. The minimum atomic E-state index is -0.516. The average molecular weight is 433 g/mol. The molecule has 0 spiro atoms. The van der Waals surface area contributed by atoms with Crippen molar-refractivity contribution in [2.75, 3.05) is 11.5 Å². The molecule has 1 heterocycles. The minimum absolute atomic E-state index is 0.0264. The van der Waals surface area contributed by atoms with Gasteiger partial charge in [0.15, 0.2) is 5.76 Å². The Kier molecular flexibility index (Phi) is 6.56. The molecule has 1 aliphatic heterocycles. The summed E-state index contributed by atoms with van der Waals surface area (Å²) in [5.41, 5.74) is 1.48. The van der Waals surface area contributed by atoms with Crippen LogP contribution >= 0.6 is 23.2 Å². The van der Waals surface area contributed by atoms with Gasteiger partial charge in [0.1, 0.15) is 0 Å². The molecule has 0 saturated heterocycles. The standard InChI is InChI=1S/C21H18Cl2N2O4/c1-2-9-29-18-11-19(26)25(21(18)28)16-7-4-13(5-8-16)20(27)24-12-14-3-6-15(22)10-17(14)23/h3-8,10-11H,2,9,12H2,1H3,(H,24,27). The van der Waals surface area contributed by atoms with E-state index < -0.39 is 11.8 Å². The summed E-state index contributed by atoms with van der Waals surface area (Å²) in [7, 11) is 0. The Bertz CT molecular complexity index is 987. The van der Waals surface area contributed by atoms with Gasteiger partial charge in [-0.1, -0.05) is 36.2 Å². The fourth-order valence-corrected chi connectivity index (χ4v) is 3.19. The average Bonchev–Trinajstić information content (AvgIpc) is 2.99. The van der Waals surface area contributed by atoms with Crippen molar-refractivity contribution >= 4 is 46.6 Å². The highest BCUT2D eigenvalue weighted by molar-refractivity contribution is 6.35. The van der Waals surface area contributed by atoms with E-state index in [4.69, 9.17) is 27.9 Å². The van der Waals surface area contributed by atoms with Crippen molar-refractivity contribution in [1.29, 1.82) is 0 Å². The number of anilines is 1. The third-order valence-corrected chi connectivity index (χ3v) is 4.78. The fourth-order valence-electron chi connectivity index (χ4n) is 2.71. The van der Waals surface area contributed by atoms with Crippen LogP contribution in [-0.2, 0) is 20.9 Å². The molecule has 0 aliphatic carbocycles. The molecule has 0 saturated carbocycles. The normalized spacial score (nSPS) is 13.5. The Labute approximate surface area is 178 Å². The van der Waals surface area contributed by atoms with Gasteiger partial charge in [0.05, 0.1) is 18.4 Å². The maximum atomic E-state index is 12.4.